The summed E-state index contributed by atoms with van der Waals surface area (Å²) in [4.78, 5) is 19.6. The zero-order chi connectivity index (χ0) is 13.3. The molecule has 0 atom stereocenters. The lowest BCUT2D eigenvalue weighted by atomic mass is 10.3. The van der Waals surface area contributed by atoms with E-state index in [-0.39, 0.29) is 11.7 Å². The number of carbonyl (C=O) groups excluding carboxylic acids is 1. The van der Waals surface area contributed by atoms with Crippen molar-refractivity contribution in [2.24, 2.45) is 0 Å². The zero-order valence-corrected chi connectivity index (χ0v) is 11.2. The molecule has 0 saturated carbocycles. The number of rotatable bonds is 3. The maximum Gasteiger partial charge on any atom is 0.289 e. The van der Waals surface area contributed by atoms with E-state index in [0.29, 0.717) is 6.54 Å². The molecular weight excluding hydrogens is 214 g/mol. The predicted octanol–water partition coefficient (Wildman–Crippen LogP) is 2.43. The Kier molecular flexibility index (Phi) is 7.59. The Morgan fingerprint density at radius 3 is 2.59 bits per heavy atom. The summed E-state index contributed by atoms with van der Waals surface area (Å²) in [6.07, 6.45) is 5.40. The Morgan fingerprint density at radius 1 is 1.41 bits per heavy atom. The summed E-state index contributed by atoms with van der Waals surface area (Å²) in [5, 5.41) is 2.70. The number of allylic oxidation sites excluding steroid dienone is 1. The summed E-state index contributed by atoms with van der Waals surface area (Å²) in [6.45, 7) is 10.2. The molecule has 0 aliphatic carbocycles. The first-order chi connectivity index (χ1) is 8.15. The van der Waals surface area contributed by atoms with Crippen LogP contribution in [0.15, 0.2) is 18.3 Å². The van der Waals surface area contributed by atoms with Gasteiger partial charge in [0.1, 0.15) is 0 Å². The molecule has 0 saturated heterocycles. The molecule has 0 spiro atoms. The second kappa shape index (κ2) is 8.44. The molecule has 4 heteroatoms. The van der Waals surface area contributed by atoms with Gasteiger partial charge in [0.05, 0.1) is 0 Å². The van der Waals surface area contributed by atoms with Crippen LogP contribution in [0.4, 0.5) is 0 Å². The van der Waals surface area contributed by atoms with E-state index in [1.807, 2.05) is 46.8 Å². The van der Waals surface area contributed by atoms with E-state index in [1.54, 1.807) is 6.20 Å². The molecule has 0 unspecified atom stereocenters. The summed E-state index contributed by atoms with van der Waals surface area (Å²) in [6, 6.07) is 0. The van der Waals surface area contributed by atoms with Crippen LogP contribution < -0.4 is 5.32 Å². The van der Waals surface area contributed by atoms with E-state index < -0.39 is 0 Å². The fraction of sp³-hybridized carbons (Fsp3) is 0.462. The minimum Gasteiger partial charge on any atom is -0.346 e. The predicted molar refractivity (Wildman–Crippen MR) is 70.0 cm³/mol. The average molecular weight is 235 g/mol. The largest absolute Gasteiger partial charge is 0.346 e. The molecule has 17 heavy (non-hydrogen) atoms. The number of amides is 1. The molecule has 1 aromatic rings. The summed E-state index contributed by atoms with van der Waals surface area (Å²) in [5.74, 6) is -0.0150. The first-order valence-electron chi connectivity index (χ1n) is 5.84. The van der Waals surface area contributed by atoms with Gasteiger partial charge in [-0.1, -0.05) is 26.0 Å². The second-order valence-electron chi connectivity index (χ2n) is 3.24. The quantitative estimate of drug-likeness (QED) is 0.819. The van der Waals surface area contributed by atoms with Crippen molar-refractivity contribution in [2.75, 3.05) is 6.54 Å². The highest BCUT2D eigenvalue weighted by molar-refractivity contribution is 5.90. The Balaban J connectivity index is 0.00000121. The third-order valence-electron chi connectivity index (χ3n) is 2.04. The van der Waals surface area contributed by atoms with Crippen LogP contribution in [-0.2, 0) is 0 Å². The van der Waals surface area contributed by atoms with Crippen LogP contribution in [0, 0.1) is 13.8 Å². The summed E-state index contributed by atoms with van der Waals surface area (Å²) in [5.41, 5.74) is 1.82. The summed E-state index contributed by atoms with van der Waals surface area (Å²) >= 11 is 0. The van der Waals surface area contributed by atoms with Crippen LogP contribution in [0.1, 0.15) is 42.6 Å². The van der Waals surface area contributed by atoms with Gasteiger partial charge in [-0.2, -0.15) is 0 Å². The molecule has 1 N–H and O–H groups in total. The molecule has 0 aliphatic heterocycles. The van der Waals surface area contributed by atoms with Crippen LogP contribution >= 0.6 is 0 Å². The molecular formula is C13H21N3O. The fourth-order valence-electron chi connectivity index (χ4n) is 0.985. The molecule has 4 nitrogen and oxygen atoms in total. The standard InChI is InChI=1S/C11H15N3O.C2H6/c1-4-5-6-12-11(15)10-13-7-8(2)9(3)14-10;1-2/h4-5,7H,6H2,1-3H3,(H,12,15);1-2H3/b5-4+;. The Hall–Kier alpha value is -1.71. The lowest BCUT2D eigenvalue weighted by Crippen LogP contribution is -2.25. The van der Waals surface area contributed by atoms with Crippen molar-refractivity contribution >= 4 is 5.91 Å². The molecule has 0 radical (unpaired) electrons. The summed E-state index contributed by atoms with van der Waals surface area (Å²) < 4.78 is 0. The monoisotopic (exact) mass is 235 g/mol. The SMILES string of the molecule is C/C=C/CNC(=O)c1ncc(C)c(C)n1.CC. The van der Waals surface area contributed by atoms with E-state index in [2.05, 4.69) is 15.3 Å². The van der Waals surface area contributed by atoms with Crippen LogP contribution in [-0.4, -0.2) is 22.4 Å². The molecule has 0 aromatic carbocycles. The third kappa shape index (κ3) is 5.24. The number of hydrogen-bond donors (Lipinski definition) is 1. The zero-order valence-electron chi connectivity index (χ0n) is 11.2. The van der Waals surface area contributed by atoms with E-state index in [4.69, 9.17) is 0 Å². The number of aryl methyl sites for hydroxylation is 2. The maximum atomic E-state index is 11.5. The average Bonchev–Trinajstić information content (AvgIpc) is 2.35. The molecule has 0 bridgehead atoms. The number of aromatic nitrogens is 2. The highest BCUT2D eigenvalue weighted by Crippen LogP contribution is 2.01. The Bertz CT molecular complexity index is 386. The van der Waals surface area contributed by atoms with Gasteiger partial charge in [-0.05, 0) is 26.3 Å². The van der Waals surface area contributed by atoms with Gasteiger partial charge in [0.15, 0.2) is 0 Å². The van der Waals surface area contributed by atoms with Crippen LogP contribution in [0.2, 0.25) is 0 Å². The molecule has 94 valence electrons. The highest BCUT2D eigenvalue weighted by Gasteiger charge is 2.08. The first kappa shape index (κ1) is 15.3. The number of nitrogens with one attached hydrogen (secondary N) is 1. The van der Waals surface area contributed by atoms with Gasteiger partial charge in [-0.3, -0.25) is 4.79 Å². The van der Waals surface area contributed by atoms with E-state index >= 15 is 0 Å². The Morgan fingerprint density at radius 2 is 2.06 bits per heavy atom. The van der Waals surface area contributed by atoms with Crippen molar-refractivity contribution in [2.45, 2.75) is 34.6 Å². The number of carbonyl (C=O) groups is 1. The van der Waals surface area contributed by atoms with Gasteiger partial charge in [0.25, 0.3) is 5.91 Å². The van der Waals surface area contributed by atoms with E-state index in [9.17, 15) is 4.79 Å². The minimum atomic E-state index is -0.240. The third-order valence-corrected chi connectivity index (χ3v) is 2.04. The topological polar surface area (TPSA) is 54.9 Å². The molecule has 1 amide bonds. The smallest absolute Gasteiger partial charge is 0.289 e. The molecule has 1 heterocycles. The second-order valence-corrected chi connectivity index (χ2v) is 3.24. The lowest BCUT2D eigenvalue weighted by Gasteiger charge is -2.03. The molecule has 0 fully saturated rings. The van der Waals surface area contributed by atoms with Crippen molar-refractivity contribution < 1.29 is 4.79 Å². The molecule has 0 aliphatic rings. The minimum absolute atomic E-state index is 0.225. The lowest BCUT2D eigenvalue weighted by molar-refractivity contribution is 0.0947. The van der Waals surface area contributed by atoms with Gasteiger partial charge < -0.3 is 5.32 Å². The molecule has 1 rings (SSSR count). The highest BCUT2D eigenvalue weighted by atomic mass is 16.2. The van der Waals surface area contributed by atoms with E-state index in [0.717, 1.165) is 11.3 Å². The van der Waals surface area contributed by atoms with Crippen molar-refractivity contribution in [1.29, 1.82) is 0 Å². The Labute approximate surface area is 103 Å². The molecule has 1 aromatic heterocycles. The fourth-order valence-corrected chi connectivity index (χ4v) is 0.985. The van der Waals surface area contributed by atoms with Crippen LogP contribution in [0.5, 0.6) is 0 Å². The van der Waals surface area contributed by atoms with Crippen molar-refractivity contribution in [3.05, 3.63) is 35.4 Å². The maximum absolute atomic E-state index is 11.5. The van der Waals surface area contributed by atoms with Crippen molar-refractivity contribution in [3.63, 3.8) is 0 Å². The van der Waals surface area contributed by atoms with Gasteiger partial charge in [-0.15, -0.1) is 0 Å². The van der Waals surface area contributed by atoms with Gasteiger partial charge in [0, 0.05) is 18.4 Å². The normalized spacial score (nSPS) is 9.71. The van der Waals surface area contributed by atoms with Crippen molar-refractivity contribution in [1.82, 2.24) is 15.3 Å². The summed E-state index contributed by atoms with van der Waals surface area (Å²) in [7, 11) is 0. The van der Waals surface area contributed by atoms with Gasteiger partial charge >= 0.3 is 0 Å². The number of nitrogens with zero attached hydrogens (tertiary/aromatic N) is 2. The van der Waals surface area contributed by atoms with Crippen molar-refractivity contribution in [3.8, 4) is 0 Å². The van der Waals surface area contributed by atoms with Crippen LogP contribution in [0.25, 0.3) is 0 Å². The van der Waals surface area contributed by atoms with Crippen LogP contribution in [0.3, 0.4) is 0 Å². The number of hydrogen-bond acceptors (Lipinski definition) is 3. The first-order valence-corrected chi connectivity index (χ1v) is 5.84. The van der Waals surface area contributed by atoms with Gasteiger partial charge in [-0.25, -0.2) is 9.97 Å². The van der Waals surface area contributed by atoms with E-state index in [1.165, 1.54) is 0 Å². The van der Waals surface area contributed by atoms with Gasteiger partial charge in [0.2, 0.25) is 5.82 Å².